The molecule has 0 atom stereocenters. The van der Waals surface area contributed by atoms with Crippen molar-refractivity contribution < 1.29 is 40.0 Å². The molecule has 1 rings (SSSR count). The van der Waals surface area contributed by atoms with Crippen molar-refractivity contribution >= 4 is 51.8 Å². The molecule has 138 valence electrons. The molecule has 0 unspecified atom stereocenters. The van der Waals surface area contributed by atoms with Gasteiger partial charge in [0.15, 0.2) is 22.4 Å². The maximum absolute atomic E-state index is 11.9. The third-order valence-electron chi connectivity index (χ3n) is 1.93. The second-order valence-corrected chi connectivity index (χ2v) is 7.69. The second-order valence-electron chi connectivity index (χ2n) is 4.07. The lowest BCUT2D eigenvalue weighted by atomic mass is 10.3. The smallest absolute Gasteiger partial charge is 0.197 e. The van der Waals surface area contributed by atoms with E-state index in [0.29, 0.717) is 4.90 Å². The second kappa shape index (κ2) is 17.2. The van der Waals surface area contributed by atoms with Gasteiger partial charge in [-0.2, -0.15) is 17.7 Å². The van der Waals surface area contributed by atoms with E-state index < -0.39 is 14.6 Å². The largest absolute Gasteiger partial charge is 0.412 e. The topological polar surface area (TPSA) is 209 Å². The van der Waals surface area contributed by atoms with Crippen LogP contribution >= 0.6 is 29.4 Å². The maximum Gasteiger partial charge on any atom is 0.197 e. The van der Waals surface area contributed by atoms with Crippen LogP contribution in [0, 0.1) is 0 Å². The van der Waals surface area contributed by atoms with Crippen molar-refractivity contribution in [3.63, 3.8) is 0 Å². The molecule has 22 heavy (non-hydrogen) atoms. The average molecular weight is 449 g/mol. The van der Waals surface area contributed by atoms with E-state index >= 15 is 0 Å². The summed E-state index contributed by atoms with van der Waals surface area (Å²) in [5.74, 6) is 0. The molecule has 0 radical (unpaired) electrons. The summed E-state index contributed by atoms with van der Waals surface area (Å²) in [6.45, 7) is 5.10. The van der Waals surface area contributed by atoms with Crippen LogP contribution in [0.25, 0.3) is 0 Å². The Kier molecular flexibility index (Phi) is 33.6. The van der Waals surface area contributed by atoms with Crippen molar-refractivity contribution in [2.75, 3.05) is 0 Å². The predicted molar refractivity (Wildman–Crippen MR) is 97.7 cm³/mol. The third-order valence-corrected chi connectivity index (χ3v) is 4.96. The van der Waals surface area contributed by atoms with Crippen LogP contribution in [0.15, 0.2) is 33.6 Å². The number of hydrogen-bond donors (Lipinski definition) is 0. The lowest BCUT2D eigenvalue weighted by Crippen LogP contribution is -2.27. The van der Waals surface area contributed by atoms with Gasteiger partial charge in [-0.15, -0.1) is 0 Å². The third kappa shape index (κ3) is 11.4. The van der Waals surface area contributed by atoms with Gasteiger partial charge in [0.25, 0.3) is 0 Å². The van der Waals surface area contributed by atoms with Crippen LogP contribution in [0.4, 0.5) is 0 Å². The number of hydrogen-bond acceptors (Lipinski definition) is 4. The SMILES string of the molecule is CC(C)(C)S(=O)(=O)c1ccc(Br)cc1.O.O.O.O.O.O=S.S. The number of benzene rings is 1. The molecule has 12 heteroatoms. The molecule has 8 nitrogen and oxygen atoms in total. The molecule has 0 amide bonds. The van der Waals surface area contributed by atoms with E-state index in [9.17, 15) is 8.42 Å². The summed E-state index contributed by atoms with van der Waals surface area (Å²) in [5, 5.41) is 0. The lowest BCUT2D eigenvalue weighted by Gasteiger charge is -2.19. The number of halogens is 1. The average Bonchev–Trinajstić information content (AvgIpc) is 2.20. The van der Waals surface area contributed by atoms with Gasteiger partial charge in [0.05, 0.1) is 9.64 Å². The predicted octanol–water partition coefficient (Wildman–Crippen LogP) is -1.33. The van der Waals surface area contributed by atoms with Crippen LogP contribution in [0.1, 0.15) is 20.8 Å². The zero-order chi connectivity index (χ0) is 13.0. The fourth-order valence-electron chi connectivity index (χ4n) is 0.967. The van der Waals surface area contributed by atoms with E-state index in [0.717, 1.165) is 4.47 Å². The molecule has 0 saturated carbocycles. The van der Waals surface area contributed by atoms with E-state index in [1.54, 1.807) is 45.0 Å². The van der Waals surface area contributed by atoms with Crippen LogP contribution in [0.5, 0.6) is 0 Å². The monoisotopic (exact) mass is 448 g/mol. The molecule has 0 spiro atoms. The van der Waals surface area contributed by atoms with E-state index in [2.05, 4.69) is 28.5 Å². The Morgan fingerprint density at radius 3 is 1.36 bits per heavy atom. The van der Waals surface area contributed by atoms with E-state index in [4.69, 9.17) is 4.21 Å². The van der Waals surface area contributed by atoms with Gasteiger partial charge < -0.3 is 27.4 Å². The standard InChI is InChI=1S/C10H13BrO2S.OS.5H2O.H2S/c1-10(2,3)14(12,13)9-6-4-8(11)5-7-9;1-2;;;;;;/h4-7H,1-3H3;;6*1H2. The molecule has 0 saturated heterocycles. The summed E-state index contributed by atoms with van der Waals surface area (Å²) < 4.78 is 31.9. The van der Waals surface area contributed by atoms with Crippen LogP contribution in [0.2, 0.25) is 0 Å². The Hall–Kier alpha value is -0.180. The van der Waals surface area contributed by atoms with E-state index in [1.165, 1.54) is 0 Å². The first kappa shape index (κ1) is 43.1. The highest BCUT2D eigenvalue weighted by Gasteiger charge is 2.30. The first-order valence-electron chi connectivity index (χ1n) is 4.42. The summed E-state index contributed by atoms with van der Waals surface area (Å²) in [6.07, 6.45) is 0. The van der Waals surface area contributed by atoms with Gasteiger partial charge in [-0.1, -0.05) is 15.9 Å². The molecule has 10 N–H and O–H groups in total. The quantitative estimate of drug-likeness (QED) is 0.510. The highest BCUT2D eigenvalue weighted by atomic mass is 79.9. The molecule has 0 aliphatic carbocycles. The zero-order valence-electron chi connectivity index (χ0n) is 12.2. The molecule has 0 heterocycles. The molecule has 0 aliphatic rings. The Balaban J connectivity index is -0.0000000540. The maximum atomic E-state index is 11.9. The van der Waals surface area contributed by atoms with Crippen LogP contribution in [0.3, 0.4) is 0 Å². The van der Waals surface area contributed by atoms with Gasteiger partial charge in [0.2, 0.25) is 0 Å². The van der Waals surface area contributed by atoms with Crippen molar-refractivity contribution in [1.29, 1.82) is 0 Å². The molecule has 0 bridgehead atoms. The highest BCUT2D eigenvalue weighted by molar-refractivity contribution is 9.10. The fourth-order valence-corrected chi connectivity index (χ4v) is 2.43. The Morgan fingerprint density at radius 2 is 1.14 bits per heavy atom. The Labute approximate surface area is 150 Å². The van der Waals surface area contributed by atoms with Gasteiger partial charge in [0.1, 0.15) is 0 Å². The Bertz CT molecular complexity index is 444. The lowest BCUT2D eigenvalue weighted by molar-refractivity contribution is 0.560. The number of rotatable bonds is 1. The molecule has 1 aromatic rings. The molecular formula is C10H25BrO8S3. The summed E-state index contributed by atoms with van der Waals surface area (Å²) in [6, 6.07) is 6.70. The fraction of sp³-hybridized carbons (Fsp3) is 0.400. The van der Waals surface area contributed by atoms with Crippen molar-refractivity contribution in [1.82, 2.24) is 0 Å². The summed E-state index contributed by atoms with van der Waals surface area (Å²) in [4.78, 5) is 0.369. The molecular weight excluding hydrogens is 424 g/mol. The minimum absolute atomic E-state index is 0. The minimum atomic E-state index is -3.21. The first-order valence-corrected chi connectivity index (χ1v) is 7.03. The van der Waals surface area contributed by atoms with Crippen molar-refractivity contribution in [2.45, 2.75) is 30.4 Å². The minimum Gasteiger partial charge on any atom is -0.412 e. The molecule has 0 aliphatic heterocycles. The van der Waals surface area contributed by atoms with Crippen LogP contribution < -0.4 is 0 Å². The van der Waals surface area contributed by atoms with Gasteiger partial charge in [-0.25, -0.2) is 8.42 Å². The van der Waals surface area contributed by atoms with Gasteiger partial charge in [-0.3, -0.25) is 0 Å². The summed E-state index contributed by atoms with van der Waals surface area (Å²) in [7, 11) is -3.21. The zero-order valence-corrected chi connectivity index (χ0v) is 16.4. The molecule has 1 aromatic carbocycles. The van der Waals surface area contributed by atoms with Gasteiger partial charge in [0, 0.05) is 4.47 Å². The normalized spacial score (nSPS) is 8.36. The first-order chi connectivity index (χ1) is 7.25. The van der Waals surface area contributed by atoms with Crippen molar-refractivity contribution in [3.05, 3.63) is 28.7 Å². The van der Waals surface area contributed by atoms with Gasteiger partial charge in [-0.05, 0) is 45.0 Å². The highest BCUT2D eigenvalue weighted by Crippen LogP contribution is 2.25. The van der Waals surface area contributed by atoms with Crippen molar-refractivity contribution in [3.8, 4) is 0 Å². The van der Waals surface area contributed by atoms with Crippen LogP contribution in [-0.4, -0.2) is 44.8 Å². The summed E-state index contributed by atoms with van der Waals surface area (Å²) in [5.41, 5.74) is 0. The molecule has 0 fully saturated rings. The van der Waals surface area contributed by atoms with Crippen LogP contribution in [-0.2, 0) is 22.4 Å². The summed E-state index contributed by atoms with van der Waals surface area (Å²) >= 11 is 6.10. The molecule has 0 aromatic heterocycles. The van der Waals surface area contributed by atoms with Gasteiger partial charge >= 0.3 is 0 Å². The van der Waals surface area contributed by atoms with E-state index in [1.807, 2.05) is 0 Å². The van der Waals surface area contributed by atoms with E-state index in [-0.39, 0.29) is 40.9 Å². The Morgan fingerprint density at radius 1 is 0.864 bits per heavy atom. The number of sulfone groups is 1. The van der Waals surface area contributed by atoms with Crippen molar-refractivity contribution in [2.24, 2.45) is 0 Å².